The lowest BCUT2D eigenvalue weighted by atomic mass is 9.77. The first-order valence-corrected chi connectivity index (χ1v) is 41.3. The Labute approximate surface area is 691 Å². The summed E-state index contributed by atoms with van der Waals surface area (Å²) in [4.78, 5) is 90.9. The SMILES string of the molecule is COC[C@@]1(C(=O)Nc2ccc3[nH]nc(-c4ccnc(C5CC5)c4)c3c2)CCN(C(=O)CN2CC=C(c3ccc(-c4ncccn4)cc3)CC2)C1.COC[C@@]1(C(=O)Nc2ccc3c(c2)c(-c2ccnc(C4CC4)c2)nn3C(c2ccccc2)(c2ccccc2)c2ccccc2)CCN(C(=O)CN2CC=C(c3ccc(-c4ncccn4)cc3)CC2)C1. The molecule has 7 aromatic carbocycles. The van der Waals surface area contributed by atoms with Crippen LogP contribution in [0.5, 0.6) is 0 Å². The maximum atomic E-state index is 14.7. The molecule has 10 heterocycles. The molecule has 2 saturated carbocycles. The molecule has 22 nitrogen and oxygen atoms in total. The third-order valence-electron chi connectivity index (χ3n) is 24.4. The number of aromatic amines is 1. The molecule has 0 bridgehead atoms. The van der Waals surface area contributed by atoms with Gasteiger partial charge in [0.2, 0.25) is 23.6 Å². The Bertz CT molecular complexity index is 5810. The minimum Gasteiger partial charge on any atom is -0.383 e. The zero-order chi connectivity index (χ0) is 80.9. The van der Waals surface area contributed by atoms with Gasteiger partial charge in [-0.3, -0.25) is 44.0 Å². The molecule has 0 unspecified atom stereocenters. The van der Waals surface area contributed by atoms with Crippen molar-refractivity contribution >= 4 is 68.0 Å². The minimum absolute atomic E-state index is 0.0185. The van der Waals surface area contributed by atoms with Gasteiger partial charge in [-0.15, -0.1) is 0 Å². The van der Waals surface area contributed by atoms with Crippen molar-refractivity contribution in [3.8, 4) is 45.3 Å². The second-order valence-corrected chi connectivity index (χ2v) is 32.3. The number of nitrogens with one attached hydrogen (secondary N) is 3. The van der Waals surface area contributed by atoms with Gasteiger partial charge < -0.3 is 29.9 Å². The second-order valence-electron chi connectivity index (χ2n) is 32.3. The number of nitrogens with zero attached hydrogens (tertiary/aromatic N) is 13. The van der Waals surface area contributed by atoms with Gasteiger partial charge in [-0.1, -0.05) is 152 Å². The number of aromatic nitrogens is 10. The van der Waals surface area contributed by atoms with Crippen molar-refractivity contribution in [1.82, 2.24) is 69.5 Å². The van der Waals surface area contributed by atoms with Gasteiger partial charge in [0.1, 0.15) is 16.9 Å². The smallest absolute Gasteiger partial charge is 0.236 e. The fourth-order valence-electron chi connectivity index (χ4n) is 17.6. The number of fused-ring (bicyclic) bond motifs is 2. The zero-order valence-electron chi connectivity index (χ0n) is 66.9. The van der Waals surface area contributed by atoms with Gasteiger partial charge in [-0.25, -0.2) is 24.6 Å². The Morgan fingerprint density at radius 3 is 1.33 bits per heavy atom. The average Bonchev–Trinajstić information content (AvgIpc) is 1.48. The van der Waals surface area contributed by atoms with E-state index in [0.717, 1.165) is 122 Å². The van der Waals surface area contributed by atoms with Crippen molar-refractivity contribution in [1.29, 1.82) is 0 Å². The summed E-state index contributed by atoms with van der Waals surface area (Å²) in [6, 6.07) is 72.2. The Morgan fingerprint density at radius 1 is 0.454 bits per heavy atom. The Hall–Kier alpha value is -12.9. The van der Waals surface area contributed by atoms with Gasteiger partial charge >= 0.3 is 0 Å². The molecule has 6 aliphatic rings. The van der Waals surface area contributed by atoms with E-state index in [1.165, 1.54) is 35.1 Å². The Kier molecular flexibility index (Phi) is 22.1. The highest BCUT2D eigenvalue weighted by atomic mass is 16.5. The summed E-state index contributed by atoms with van der Waals surface area (Å²) in [5.74, 6) is 2.15. The van der Waals surface area contributed by atoms with E-state index in [2.05, 4.69) is 218 Å². The third-order valence-corrected chi connectivity index (χ3v) is 24.4. The summed E-state index contributed by atoms with van der Waals surface area (Å²) < 4.78 is 13.5. The molecule has 4 aliphatic heterocycles. The number of hydrogen-bond donors (Lipinski definition) is 3. The number of carbonyl (C=O) groups excluding carboxylic acids is 4. The van der Waals surface area contributed by atoms with Crippen LogP contribution >= 0.6 is 0 Å². The number of likely N-dealkylation sites (tertiary alicyclic amines) is 2. The lowest BCUT2D eigenvalue weighted by Gasteiger charge is -2.37. The van der Waals surface area contributed by atoms with Gasteiger partial charge in [-0.05, 0) is 163 Å². The molecule has 0 spiro atoms. The van der Waals surface area contributed by atoms with Crippen LogP contribution in [0, 0.1) is 10.8 Å². The largest absolute Gasteiger partial charge is 0.383 e. The van der Waals surface area contributed by atoms with Crippen molar-refractivity contribution < 1.29 is 28.7 Å². The molecule has 2 atom stereocenters. The molecule has 4 amide bonds. The van der Waals surface area contributed by atoms with E-state index in [4.69, 9.17) is 19.6 Å². The third kappa shape index (κ3) is 16.3. The molecule has 6 aromatic heterocycles. The van der Waals surface area contributed by atoms with E-state index in [-0.39, 0.29) is 49.9 Å². The van der Waals surface area contributed by atoms with E-state index < -0.39 is 16.4 Å². The van der Waals surface area contributed by atoms with Gasteiger partial charge in [0.05, 0.1) is 48.2 Å². The molecule has 2 aliphatic carbocycles. The van der Waals surface area contributed by atoms with Crippen molar-refractivity contribution in [3.63, 3.8) is 0 Å². The normalized spacial score (nSPS) is 18.3. The number of benzene rings is 7. The predicted octanol–water partition coefficient (Wildman–Crippen LogP) is 15.4. The number of rotatable bonds is 24. The first kappa shape index (κ1) is 77.4. The number of anilines is 2. The molecular formula is C97H94N16O6. The summed E-state index contributed by atoms with van der Waals surface area (Å²) in [7, 11) is 3.23. The lowest BCUT2D eigenvalue weighted by molar-refractivity contribution is -0.135. The van der Waals surface area contributed by atoms with E-state index >= 15 is 0 Å². The molecule has 4 fully saturated rings. The van der Waals surface area contributed by atoms with Gasteiger partial charge in [0.15, 0.2) is 11.6 Å². The topological polar surface area (TPSA) is 248 Å². The molecule has 19 rings (SSSR count). The first-order chi connectivity index (χ1) is 58.4. The second kappa shape index (κ2) is 34.0. The van der Waals surface area contributed by atoms with Crippen molar-refractivity contribution in [2.75, 3.05) is 104 Å². The molecule has 3 N–H and O–H groups in total. The number of ether oxygens (including phenoxy) is 2. The van der Waals surface area contributed by atoms with Crippen LogP contribution < -0.4 is 10.6 Å². The fourth-order valence-corrected chi connectivity index (χ4v) is 17.6. The van der Waals surface area contributed by atoms with E-state index in [9.17, 15) is 19.2 Å². The van der Waals surface area contributed by atoms with E-state index in [0.29, 0.717) is 87.0 Å². The van der Waals surface area contributed by atoms with E-state index in [1.54, 1.807) is 39.0 Å². The number of carbonyl (C=O) groups is 4. The van der Waals surface area contributed by atoms with Gasteiger partial charge in [-0.2, -0.15) is 10.2 Å². The van der Waals surface area contributed by atoms with Crippen LogP contribution in [0.25, 0.3) is 78.2 Å². The predicted molar refractivity (Wildman–Crippen MR) is 462 cm³/mol. The Morgan fingerprint density at radius 2 is 0.891 bits per heavy atom. The minimum atomic E-state index is -0.925. The standard InChI is InChI=1S/C58H54N8O3.C39H40N8O3/c1-69-40-57(29-35-65(39-57)53(67)38-64-33-27-42(28-34-64)41-18-22-44(23-19-41)55-60-30-11-31-61-55)56(68)62-49-24-25-52-50(37-49)54(45-26-32-59-51(36-45)43-20-21-43)63-66(52)58(46-12-5-2-6-13-46,47-14-7-3-8-15-47)48-16-9-4-10-17-48;1-50-25-39(38(49)43-31-9-10-33-32(22-31)36(45-44-33)30-11-17-40-34(21-30)28-5-6-28)14-20-47(24-39)35(48)23-46-18-12-27(13-19-46)26-3-7-29(8-4-26)37-41-15-2-16-42-37/h2-19,22-27,30-32,36-37,43H,20-21,28-29,33-35,38-40H2,1H3,(H,62,68);2-4,7-12,15-17,21-22,28H,5-6,13-14,18-20,23-25H2,1H3,(H,43,49)(H,44,45)/t57-;39-/m11/s1. The van der Waals surface area contributed by atoms with Crippen LogP contribution in [0.15, 0.2) is 262 Å². The maximum Gasteiger partial charge on any atom is 0.236 e. The maximum absolute atomic E-state index is 14.7. The molecule has 2 saturated heterocycles. The van der Waals surface area contributed by atoms with Crippen molar-refractivity contribution in [3.05, 3.63) is 301 Å². The quantitative estimate of drug-likeness (QED) is 0.0476. The molecule has 0 radical (unpaired) electrons. The molecule has 22 heteroatoms. The lowest BCUT2D eigenvalue weighted by Crippen LogP contribution is -2.45. The Balaban J connectivity index is 0.000000172. The summed E-state index contributed by atoms with van der Waals surface area (Å²) in [5, 5.41) is 21.6. The van der Waals surface area contributed by atoms with Crippen LogP contribution in [-0.4, -0.2) is 186 Å². The number of pyridine rings is 2. The van der Waals surface area contributed by atoms with Crippen molar-refractivity contribution in [2.24, 2.45) is 10.8 Å². The summed E-state index contributed by atoms with van der Waals surface area (Å²) >= 11 is 0. The van der Waals surface area contributed by atoms with Crippen LogP contribution in [0.1, 0.15) is 102 Å². The van der Waals surface area contributed by atoms with Crippen LogP contribution in [0.4, 0.5) is 11.4 Å². The zero-order valence-corrected chi connectivity index (χ0v) is 66.9. The summed E-state index contributed by atoms with van der Waals surface area (Å²) in [5.41, 5.74) is 16.3. The summed E-state index contributed by atoms with van der Waals surface area (Å²) in [6.07, 6.45) is 22.5. The molecular weight excluding hydrogens is 1490 g/mol. The highest BCUT2D eigenvalue weighted by molar-refractivity contribution is 6.03. The molecule has 598 valence electrons. The highest BCUT2D eigenvalue weighted by Crippen LogP contribution is 2.47. The highest BCUT2D eigenvalue weighted by Gasteiger charge is 2.49. The van der Waals surface area contributed by atoms with Crippen molar-refractivity contribution in [2.45, 2.75) is 68.7 Å². The molecule has 13 aromatic rings. The summed E-state index contributed by atoms with van der Waals surface area (Å²) in [6.45, 7) is 5.53. The average molecular weight is 1580 g/mol. The monoisotopic (exact) mass is 1580 g/mol. The van der Waals surface area contributed by atoms with E-state index in [1.807, 2.05) is 88.9 Å². The molecule has 119 heavy (non-hydrogen) atoms. The number of H-pyrrole nitrogens is 1. The number of hydrogen-bond acceptors (Lipinski definition) is 16. The van der Waals surface area contributed by atoms with Crippen LogP contribution in [0.2, 0.25) is 0 Å². The van der Waals surface area contributed by atoms with Crippen LogP contribution in [-0.2, 0) is 34.2 Å². The first-order valence-electron chi connectivity index (χ1n) is 41.3. The number of methoxy groups -OCH3 is 2. The van der Waals surface area contributed by atoms with Gasteiger partial charge in [0, 0.05) is 171 Å². The fraction of sp³-hybridized carbons (Fsp3) is 0.278. The van der Waals surface area contributed by atoms with Crippen LogP contribution in [0.3, 0.4) is 0 Å². The van der Waals surface area contributed by atoms with Gasteiger partial charge in [0.25, 0.3) is 0 Å². The number of amides is 4.